The van der Waals surface area contributed by atoms with Crippen LogP contribution in [-0.4, -0.2) is 24.4 Å². The summed E-state index contributed by atoms with van der Waals surface area (Å²) in [6, 6.07) is 7.43. The molecule has 1 aromatic rings. The molecule has 1 aromatic carbocycles. The van der Waals surface area contributed by atoms with Crippen molar-refractivity contribution in [2.75, 3.05) is 6.54 Å². The second kappa shape index (κ2) is 5.44. The van der Waals surface area contributed by atoms with E-state index in [0.717, 1.165) is 19.3 Å². The number of aryl methyl sites for hydroxylation is 1. The molecular formula is C16H19N3O3. The number of carbonyl (C=O) groups is 3. The van der Waals surface area contributed by atoms with Crippen LogP contribution in [0.3, 0.4) is 0 Å². The van der Waals surface area contributed by atoms with Crippen molar-refractivity contribution in [2.45, 2.75) is 31.1 Å². The normalized spacial score (nSPS) is 24.6. The fourth-order valence-corrected chi connectivity index (χ4v) is 3.56. The van der Waals surface area contributed by atoms with E-state index in [4.69, 9.17) is 5.73 Å². The van der Waals surface area contributed by atoms with E-state index in [1.165, 1.54) is 11.1 Å². The third-order valence-corrected chi connectivity index (χ3v) is 4.70. The van der Waals surface area contributed by atoms with Crippen LogP contribution in [0.1, 0.15) is 30.4 Å². The molecule has 0 bridgehead atoms. The molecular weight excluding hydrogens is 282 g/mol. The molecule has 2 aliphatic rings. The van der Waals surface area contributed by atoms with Gasteiger partial charge in [-0.1, -0.05) is 24.3 Å². The first-order valence-corrected chi connectivity index (χ1v) is 7.48. The molecule has 1 saturated carbocycles. The monoisotopic (exact) mass is 301 g/mol. The first kappa shape index (κ1) is 14.6. The van der Waals surface area contributed by atoms with Gasteiger partial charge in [-0.3, -0.25) is 14.9 Å². The molecule has 22 heavy (non-hydrogen) atoms. The number of urea groups is 1. The highest BCUT2D eigenvalue weighted by Crippen LogP contribution is 2.61. The molecule has 0 aliphatic heterocycles. The highest BCUT2D eigenvalue weighted by molar-refractivity contribution is 5.93. The molecule has 0 saturated heterocycles. The summed E-state index contributed by atoms with van der Waals surface area (Å²) in [5, 5.41) is 4.75. The number of nitrogens with one attached hydrogen (secondary N) is 2. The molecule has 6 nitrogen and oxygen atoms in total. The maximum atomic E-state index is 12.2. The van der Waals surface area contributed by atoms with Gasteiger partial charge >= 0.3 is 6.03 Å². The van der Waals surface area contributed by atoms with Crippen molar-refractivity contribution in [3.63, 3.8) is 0 Å². The van der Waals surface area contributed by atoms with Gasteiger partial charge in [0, 0.05) is 24.3 Å². The highest BCUT2D eigenvalue weighted by atomic mass is 16.2. The fourth-order valence-electron chi connectivity index (χ4n) is 3.56. The highest BCUT2D eigenvalue weighted by Gasteiger charge is 2.61. The lowest BCUT2D eigenvalue weighted by atomic mass is 9.95. The van der Waals surface area contributed by atoms with Crippen LogP contribution in [0, 0.1) is 5.92 Å². The average molecular weight is 301 g/mol. The van der Waals surface area contributed by atoms with Gasteiger partial charge in [0.25, 0.3) is 0 Å². The molecule has 6 heteroatoms. The molecule has 2 aliphatic carbocycles. The number of carbonyl (C=O) groups excluding carboxylic acids is 3. The molecule has 2 atom stereocenters. The van der Waals surface area contributed by atoms with Crippen LogP contribution in [0.2, 0.25) is 0 Å². The summed E-state index contributed by atoms with van der Waals surface area (Å²) in [6.45, 7) is 0.214. The van der Waals surface area contributed by atoms with Crippen LogP contribution < -0.4 is 16.4 Å². The van der Waals surface area contributed by atoms with Gasteiger partial charge in [-0.2, -0.15) is 0 Å². The first-order valence-electron chi connectivity index (χ1n) is 7.48. The quantitative estimate of drug-likeness (QED) is 0.758. The van der Waals surface area contributed by atoms with Gasteiger partial charge in [-0.15, -0.1) is 0 Å². The lowest BCUT2D eigenvalue weighted by molar-refractivity contribution is -0.123. The number of imide groups is 1. The Bertz CT molecular complexity index is 643. The number of primary amides is 1. The van der Waals surface area contributed by atoms with Crippen molar-refractivity contribution < 1.29 is 14.4 Å². The van der Waals surface area contributed by atoms with E-state index in [2.05, 4.69) is 17.4 Å². The van der Waals surface area contributed by atoms with Gasteiger partial charge in [-0.05, 0) is 30.4 Å². The predicted molar refractivity (Wildman–Crippen MR) is 79.9 cm³/mol. The summed E-state index contributed by atoms with van der Waals surface area (Å²) in [6.07, 6.45) is 2.97. The zero-order valence-electron chi connectivity index (χ0n) is 12.2. The van der Waals surface area contributed by atoms with E-state index in [1.807, 2.05) is 17.4 Å². The van der Waals surface area contributed by atoms with Crippen molar-refractivity contribution in [3.05, 3.63) is 35.4 Å². The van der Waals surface area contributed by atoms with Crippen molar-refractivity contribution in [1.29, 1.82) is 0 Å². The van der Waals surface area contributed by atoms with Crippen molar-refractivity contribution >= 4 is 17.8 Å². The Hall–Kier alpha value is -2.37. The van der Waals surface area contributed by atoms with Crippen LogP contribution in [0.25, 0.3) is 0 Å². The predicted octanol–water partition coefficient (Wildman–Crippen LogP) is 0.592. The van der Waals surface area contributed by atoms with Gasteiger partial charge < -0.3 is 11.1 Å². The Kier molecular flexibility index (Phi) is 3.60. The van der Waals surface area contributed by atoms with E-state index in [0.29, 0.717) is 0 Å². The Labute approximate surface area is 128 Å². The van der Waals surface area contributed by atoms with E-state index < -0.39 is 11.9 Å². The molecule has 0 aromatic heterocycles. The number of hydrogen-bond donors (Lipinski definition) is 3. The zero-order valence-corrected chi connectivity index (χ0v) is 12.2. The zero-order chi connectivity index (χ0) is 15.7. The molecule has 4 amide bonds. The van der Waals surface area contributed by atoms with Gasteiger partial charge in [0.05, 0.1) is 0 Å². The number of benzene rings is 1. The summed E-state index contributed by atoms with van der Waals surface area (Å²) >= 11 is 0. The molecule has 1 spiro atoms. The van der Waals surface area contributed by atoms with Crippen LogP contribution in [0.4, 0.5) is 4.79 Å². The summed E-state index contributed by atoms with van der Waals surface area (Å²) in [4.78, 5) is 34.0. The lowest BCUT2D eigenvalue weighted by Gasteiger charge is -2.11. The molecule has 2 unspecified atom stereocenters. The second-order valence-electron chi connectivity index (χ2n) is 6.02. The van der Waals surface area contributed by atoms with E-state index in [-0.39, 0.29) is 30.2 Å². The second-order valence-corrected chi connectivity index (χ2v) is 6.02. The van der Waals surface area contributed by atoms with Crippen molar-refractivity contribution in [3.8, 4) is 0 Å². The summed E-state index contributed by atoms with van der Waals surface area (Å²) in [7, 11) is 0. The summed E-state index contributed by atoms with van der Waals surface area (Å²) < 4.78 is 0. The number of hydrogen-bond acceptors (Lipinski definition) is 3. The van der Waals surface area contributed by atoms with E-state index >= 15 is 0 Å². The Morgan fingerprint density at radius 2 is 2.05 bits per heavy atom. The van der Waals surface area contributed by atoms with Crippen LogP contribution >= 0.6 is 0 Å². The van der Waals surface area contributed by atoms with Gasteiger partial charge in [-0.25, -0.2) is 4.79 Å². The number of rotatable bonds is 4. The molecule has 0 radical (unpaired) electrons. The fraction of sp³-hybridized carbons (Fsp3) is 0.438. The minimum atomic E-state index is -0.875. The standard InChI is InChI=1S/C16H19N3O3/c17-15(22)19-13(20)6-8-18-14(21)12-9-16(12)7-5-10-3-1-2-4-11(10)16/h1-4,12H,5-9H2,(H,18,21)(H3,17,19,20,22). The molecule has 4 N–H and O–H groups in total. The number of amides is 4. The van der Waals surface area contributed by atoms with Crippen LogP contribution in [0.15, 0.2) is 24.3 Å². The molecule has 1 fully saturated rings. The van der Waals surface area contributed by atoms with E-state index in [9.17, 15) is 14.4 Å². The summed E-state index contributed by atoms with van der Waals surface area (Å²) in [5.41, 5.74) is 7.51. The minimum absolute atomic E-state index is 0.00430. The average Bonchev–Trinajstić information content (AvgIpc) is 3.08. The lowest BCUT2D eigenvalue weighted by Crippen LogP contribution is -2.37. The molecule has 3 rings (SSSR count). The number of fused-ring (bicyclic) bond motifs is 2. The Morgan fingerprint density at radius 3 is 2.82 bits per heavy atom. The van der Waals surface area contributed by atoms with Crippen molar-refractivity contribution in [1.82, 2.24) is 10.6 Å². The van der Waals surface area contributed by atoms with E-state index in [1.54, 1.807) is 0 Å². The smallest absolute Gasteiger partial charge is 0.318 e. The SMILES string of the molecule is NC(=O)NC(=O)CCNC(=O)C1CC12CCc1ccccc12. The van der Waals surface area contributed by atoms with Gasteiger partial charge in [0.1, 0.15) is 0 Å². The first-order chi connectivity index (χ1) is 10.5. The maximum absolute atomic E-state index is 12.2. The van der Waals surface area contributed by atoms with Gasteiger partial charge in [0.2, 0.25) is 11.8 Å². The Morgan fingerprint density at radius 1 is 1.27 bits per heavy atom. The topological polar surface area (TPSA) is 101 Å². The van der Waals surface area contributed by atoms with Crippen LogP contribution in [-0.2, 0) is 21.4 Å². The molecule has 0 heterocycles. The van der Waals surface area contributed by atoms with Crippen molar-refractivity contribution in [2.24, 2.45) is 11.7 Å². The maximum Gasteiger partial charge on any atom is 0.318 e. The largest absolute Gasteiger partial charge is 0.355 e. The third-order valence-electron chi connectivity index (χ3n) is 4.70. The third kappa shape index (κ3) is 2.56. The van der Waals surface area contributed by atoms with Crippen LogP contribution in [0.5, 0.6) is 0 Å². The Balaban J connectivity index is 1.52. The summed E-state index contributed by atoms with van der Waals surface area (Å²) in [5.74, 6) is -0.497. The number of nitrogens with two attached hydrogens (primary N) is 1. The van der Waals surface area contributed by atoms with Gasteiger partial charge in [0.15, 0.2) is 0 Å². The molecule has 116 valence electrons. The minimum Gasteiger partial charge on any atom is -0.355 e.